The van der Waals surface area contributed by atoms with Gasteiger partial charge in [0.15, 0.2) is 0 Å². The van der Waals surface area contributed by atoms with E-state index in [9.17, 15) is 17.6 Å². The summed E-state index contributed by atoms with van der Waals surface area (Å²) in [5.74, 6) is -0.713. The first-order chi connectivity index (χ1) is 12.9. The van der Waals surface area contributed by atoms with Gasteiger partial charge in [-0.15, -0.1) is 11.3 Å². The Balaban J connectivity index is 1.61. The van der Waals surface area contributed by atoms with Crippen molar-refractivity contribution < 1.29 is 17.6 Å². The number of thiophene rings is 1. The fourth-order valence-electron chi connectivity index (χ4n) is 2.31. The Morgan fingerprint density at radius 3 is 2.33 bits per heavy atom. The summed E-state index contributed by atoms with van der Waals surface area (Å²) in [5, 5.41) is 4.18. The van der Waals surface area contributed by atoms with E-state index in [4.69, 9.17) is 0 Å². The maximum Gasteiger partial charge on any atom is 0.261 e. The van der Waals surface area contributed by atoms with Gasteiger partial charge in [0.2, 0.25) is 10.0 Å². The number of sulfonamides is 1. The number of carbonyl (C=O) groups excluding carboxylic acids is 1. The van der Waals surface area contributed by atoms with Crippen LogP contribution in [-0.4, -0.2) is 14.3 Å². The highest BCUT2D eigenvalue weighted by molar-refractivity contribution is 7.89. The van der Waals surface area contributed by atoms with Gasteiger partial charge in [0.05, 0.1) is 9.77 Å². The van der Waals surface area contributed by atoms with Gasteiger partial charge in [-0.3, -0.25) is 4.79 Å². The number of hydrogen-bond donors (Lipinski definition) is 2. The van der Waals surface area contributed by atoms with Crippen molar-refractivity contribution in [3.8, 4) is 0 Å². The van der Waals surface area contributed by atoms with E-state index in [2.05, 4.69) is 10.0 Å². The second-order valence-corrected chi connectivity index (χ2v) is 8.44. The molecule has 27 heavy (non-hydrogen) atoms. The zero-order valence-corrected chi connectivity index (χ0v) is 15.8. The van der Waals surface area contributed by atoms with Gasteiger partial charge in [-0.2, -0.15) is 0 Å². The molecule has 5 nitrogen and oxygen atoms in total. The third kappa shape index (κ3) is 5.22. The van der Waals surface area contributed by atoms with Crippen LogP contribution in [0.25, 0.3) is 0 Å². The molecular formula is C19H17FN2O3S2. The summed E-state index contributed by atoms with van der Waals surface area (Å²) < 4.78 is 40.1. The molecule has 0 saturated heterocycles. The zero-order chi connectivity index (χ0) is 19.3. The highest BCUT2D eigenvalue weighted by Gasteiger charge is 2.18. The van der Waals surface area contributed by atoms with E-state index in [1.807, 2.05) is 30.3 Å². The molecule has 2 aromatic carbocycles. The molecule has 0 aliphatic rings. The van der Waals surface area contributed by atoms with Gasteiger partial charge in [-0.05, 0) is 29.3 Å². The summed E-state index contributed by atoms with van der Waals surface area (Å²) in [6.07, 6.45) is 0. The summed E-state index contributed by atoms with van der Waals surface area (Å²) in [6, 6.07) is 16.3. The first-order valence-electron chi connectivity index (χ1n) is 8.09. The molecule has 0 radical (unpaired) electrons. The smallest absolute Gasteiger partial charge is 0.261 e. The van der Waals surface area contributed by atoms with Crippen LogP contribution in [0, 0.1) is 5.82 Å². The first-order valence-corrected chi connectivity index (χ1v) is 10.4. The second-order valence-electron chi connectivity index (χ2n) is 5.77. The molecule has 2 N–H and O–H groups in total. The normalized spacial score (nSPS) is 11.3. The fraction of sp³-hybridized carbons (Fsp3) is 0.105. The number of halogens is 1. The van der Waals surface area contributed by atoms with Crippen molar-refractivity contribution in [1.82, 2.24) is 10.0 Å². The molecule has 1 amide bonds. The van der Waals surface area contributed by atoms with Crippen LogP contribution in [-0.2, 0) is 23.1 Å². The average Bonchev–Trinajstić information content (AvgIpc) is 3.18. The Kier molecular flexibility index (Phi) is 6.00. The van der Waals surface area contributed by atoms with E-state index in [-0.39, 0.29) is 23.2 Å². The molecule has 0 spiro atoms. The Morgan fingerprint density at radius 2 is 1.63 bits per heavy atom. The van der Waals surface area contributed by atoms with Crippen LogP contribution in [0.4, 0.5) is 4.39 Å². The van der Waals surface area contributed by atoms with Gasteiger partial charge in [0.25, 0.3) is 5.91 Å². The van der Waals surface area contributed by atoms with Crippen LogP contribution in [0.1, 0.15) is 20.8 Å². The standard InChI is InChI=1S/C19H17FN2O3S2/c20-16-8-6-15(7-9-16)12-22-27(24,25)17-10-18(26-13-17)19(23)21-11-14-4-2-1-3-5-14/h1-10,13,22H,11-12H2,(H,21,23). The van der Waals surface area contributed by atoms with Gasteiger partial charge in [0.1, 0.15) is 5.82 Å². The largest absolute Gasteiger partial charge is 0.347 e. The SMILES string of the molecule is O=C(NCc1ccccc1)c1cc(S(=O)(=O)NCc2ccc(F)cc2)cs1. The Labute approximate surface area is 160 Å². The maximum atomic E-state index is 12.9. The highest BCUT2D eigenvalue weighted by Crippen LogP contribution is 2.19. The third-order valence-corrected chi connectivity index (χ3v) is 6.24. The molecule has 0 unspecified atom stereocenters. The lowest BCUT2D eigenvalue weighted by Gasteiger charge is -2.05. The molecule has 1 heterocycles. The number of amides is 1. The van der Waals surface area contributed by atoms with Crippen molar-refractivity contribution in [2.24, 2.45) is 0 Å². The monoisotopic (exact) mass is 404 g/mol. The van der Waals surface area contributed by atoms with Crippen LogP contribution < -0.4 is 10.0 Å². The number of benzene rings is 2. The van der Waals surface area contributed by atoms with Crippen LogP contribution in [0.2, 0.25) is 0 Å². The third-order valence-electron chi connectivity index (χ3n) is 3.78. The van der Waals surface area contributed by atoms with Gasteiger partial charge >= 0.3 is 0 Å². The molecular weight excluding hydrogens is 387 g/mol. The van der Waals surface area contributed by atoms with E-state index >= 15 is 0 Å². The van der Waals surface area contributed by atoms with Crippen molar-refractivity contribution in [2.75, 3.05) is 0 Å². The molecule has 8 heteroatoms. The molecule has 0 fully saturated rings. The van der Waals surface area contributed by atoms with Crippen molar-refractivity contribution in [2.45, 2.75) is 18.0 Å². The lowest BCUT2D eigenvalue weighted by atomic mass is 10.2. The van der Waals surface area contributed by atoms with E-state index in [0.717, 1.165) is 16.9 Å². The number of nitrogens with one attached hydrogen (secondary N) is 2. The summed E-state index contributed by atoms with van der Waals surface area (Å²) in [5.41, 5.74) is 1.59. The van der Waals surface area contributed by atoms with Crippen molar-refractivity contribution in [1.29, 1.82) is 0 Å². The van der Waals surface area contributed by atoms with Crippen LogP contribution in [0.15, 0.2) is 70.9 Å². The lowest BCUT2D eigenvalue weighted by molar-refractivity contribution is 0.0955. The molecule has 140 valence electrons. The summed E-state index contributed by atoms with van der Waals surface area (Å²) in [7, 11) is -3.76. The summed E-state index contributed by atoms with van der Waals surface area (Å²) in [6.45, 7) is 0.399. The molecule has 0 aliphatic heterocycles. The molecule has 0 bridgehead atoms. The minimum atomic E-state index is -3.76. The predicted molar refractivity (Wildman–Crippen MR) is 102 cm³/mol. The minimum absolute atomic E-state index is 0.0273. The quantitative estimate of drug-likeness (QED) is 0.635. The highest BCUT2D eigenvalue weighted by atomic mass is 32.2. The molecule has 0 atom stereocenters. The van der Waals surface area contributed by atoms with E-state index in [1.54, 1.807) is 0 Å². The van der Waals surface area contributed by atoms with Gasteiger partial charge in [0, 0.05) is 18.5 Å². The molecule has 0 saturated carbocycles. The van der Waals surface area contributed by atoms with E-state index in [1.165, 1.54) is 35.7 Å². The van der Waals surface area contributed by atoms with E-state index in [0.29, 0.717) is 17.0 Å². The van der Waals surface area contributed by atoms with Crippen molar-refractivity contribution in [3.63, 3.8) is 0 Å². The zero-order valence-electron chi connectivity index (χ0n) is 14.2. The second kappa shape index (κ2) is 8.43. The van der Waals surface area contributed by atoms with Crippen molar-refractivity contribution in [3.05, 3.63) is 87.9 Å². The number of rotatable bonds is 7. The van der Waals surface area contributed by atoms with Crippen LogP contribution in [0.5, 0.6) is 0 Å². The van der Waals surface area contributed by atoms with Crippen molar-refractivity contribution >= 4 is 27.3 Å². The fourth-order valence-corrected chi connectivity index (χ4v) is 4.52. The molecule has 3 rings (SSSR count). The predicted octanol–water partition coefficient (Wildman–Crippen LogP) is 3.30. The topological polar surface area (TPSA) is 75.3 Å². The van der Waals surface area contributed by atoms with Gasteiger partial charge in [-0.25, -0.2) is 17.5 Å². The lowest BCUT2D eigenvalue weighted by Crippen LogP contribution is -2.23. The van der Waals surface area contributed by atoms with Gasteiger partial charge < -0.3 is 5.32 Å². The van der Waals surface area contributed by atoms with Gasteiger partial charge in [-0.1, -0.05) is 42.5 Å². The number of carbonyl (C=O) groups is 1. The first kappa shape index (κ1) is 19.2. The Hall–Kier alpha value is -2.55. The summed E-state index contributed by atoms with van der Waals surface area (Å²) in [4.78, 5) is 12.6. The molecule has 3 aromatic rings. The van der Waals surface area contributed by atoms with E-state index < -0.39 is 10.0 Å². The molecule has 1 aromatic heterocycles. The Morgan fingerprint density at radius 1 is 0.963 bits per heavy atom. The van der Waals surface area contributed by atoms with Crippen LogP contribution >= 0.6 is 11.3 Å². The average molecular weight is 404 g/mol. The number of hydrogen-bond acceptors (Lipinski definition) is 4. The minimum Gasteiger partial charge on any atom is -0.347 e. The maximum absolute atomic E-state index is 12.9. The Bertz CT molecular complexity index is 1020. The summed E-state index contributed by atoms with van der Waals surface area (Å²) >= 11 is 1.06. The molecule has 0 aliphatic carbocycles. The van der Waals surface area contributed by atoms with Crippen LogP contribution in [0.3, 0.4) is 0 Å².